The molecule has 0 aliphatic carbocycles. The van der Waals surface area contributed by atoms with E-state index in [1.54, 1.807) is 55.5 Å². The van der Waals surface area contributed by atoms with Gasteiger partial charge in [0.15, 0.2) is 11.2 Å². The number of nitrogens with zero attached hydrogens (tertiary/aromatic N) is 1. The average Bonchev–Trinajstić information content (AvgIpc) is 3.17. The van der Waals surface area contributed by atoms with Gasteiger partial charge in [0.05, 0.1) is 15.1 Å². The van der Waals surface area contributed by atoms with Crippen molar-refractivity contribution < 1.29 is 17.9 Å². The van der Waals surface area contributed by atoms with Crippen LogP contribution in [0.4, 0.5) is 10.8 Å². The first-order valence-electron chi connectivity index (χ1n) is 10.2. The molecule has 0 bridgehead atoms. The Hall–Kier alpha value is -3.43. The van der Waals surface area contributed by atoms with Gasteiger partial charge in [-0.05, 0) is 62.7 Å². The number of aromatic nitrogens is 1. The van der Waals surface area contributed by atoms with Crippen molar-refractivity contribution in [2.45, 2.75) is 31.8 Å². The third-order valence-electron chi connectivity index (χ3n) is 4.93. The standard InChI is InChI=1S/C24H23N3O4S2/c1-15-9-11-20(12-10-15)33(29,30)27-24-26-22-16(2)13-18(14-21(22)32-24)25-23(28)17(3)31-19-7-5-4-6-8-19/h4-14,17H,1-3H3,(H,25,28)(H,26,27). The van der Waals surface area contributed by atoms with Crippen LogP contribution < -0.4 is 14.8 Å². The second-order valence-corrected chi connectivity index (χ2v) is 10.4. The number of anilines is 2. The molecule has 0 spiro atoms. The zero-order valence-electron chi connectivity index (χ0n) is 18.3. The van der Waals surface area contributed by atoms with Crippen molar-refractivity contribution in [1.82, 2.24) is 4.98 Å². The summed E-state index contributed by atoms with van der Waals surface area (Å²) in [6, 6.07) is 19.3. The molecule has 0 saturated heterocycles. The number of nitrogens with one attached hydrogen (secondary N) is 2. The van der Waals surface area contributed by atoms with Gasteiger partial charge in [-0.3, -0.25) is 9.52 Å². The number of ether oxygens (including phenoxy) is 1. The first kappa shape index (κ1) is 22.8. The Kier molecular flexibility index (Phi) is 6.35. The van der Waals surface area contributed by atoms with Crippen molar-refractivity contribution in [3.8, 4) is 5.75 Å². The molecule has 170 valence electrons. The molecule has 0 fully saturated rings. The summed E-state index contributed by atoms with van der Waals surface area (Å²) < 4.78 is 34.4. The molecule has 1 aromatic heterocycles. The summed E-state index contributed by atoms with van der Waals surface area (Å²) in [6.45, 7) is 5.43. The van der Waals surface area contributed by atoms with Crippen LogP contribution in [0.2, 0.25) is 0 Å². The van der Waals surface area contributed by atoms with Gasteiger partial charge >= 0.3 is 0 Å². The number of aryl methyl sites for hydroxylation is 2. The molecule has 33 heavy (non-hydrogen) atoms. The highest BCUT2D eigenvalue weighted by Gasteiger charge is 2.19. The van der Waals surface area contributed by atoms with Gasteiger partial charge in [0.2, 0.25) is 0 Å². The van der Waals surface area contributed by atoms with E-state index < -0.39 is 16.1 Å². The number of amides is 1. The van der Waals surface area contributed by atoms with Gasteiger partial charge in [0, 0.05) is 5.69 Å². The first-order valence-corrected chi connectivity index (χ1v) is 12.5. The molecule has 1 unspecified atom stereocenters. The highest BCUT2D eigenvalue weighted by molar-refractivity contribution is 7.93. The Morgan fingerprint density at radius 1 is 1.03 bits per heavy atom. The van der Waals surface area contributed by atoms with Crippen LogP contribution in [-0.4, -0.2) is 25.4 Å². The predicted molar refractivity (Wildman–Crippen MR) is 132 cm³/mol. The SMILES string of the molecule is Cc1ccc(S(=O)(=O)Nc2nc3c(C)cc(NC(=O)C(C)Oc4ccccc4)cc3s2)cc1. The summed E-state index contributed by atoms with van der Waals surface area (Å²) in [5, 5.41) is 3.12. The van der Waals surface area contributed by atoms with Crippen molar-refractivity contribution in [1.29, 1.82) is 0 Å². The number of hydrogen-bond donors (Lipinski definition) is 2. The zero-order valence-corrected chi connectivity index (χ0v) is 20.0. The number of para-hydroxylation sites is 1. The first-order chi connectivity index (χ1) is 15.7. The van der Waals surface area contributed by atoms with E-state index in [4.69, 9.17) is 4.74 Å². The zero-order chi connectivity index (χ0) is 23.6. The number of carbonyl (C=O) groups excluding carboxylic acids is 1. The second kappa shape index (κ2) is 9.21. The van der Waals surface area contributed by atoms with Crippen LogP contribution in [0.15, 0.2) is 71.6 Å². The van der Waals surface area contributed by atoms with Crippen molar-refractivity contribution in [2.24, 2.45) is 0 Å². The lowest BCUT2D eigenvalue weighted by Crippen LogP contribution is -2.30. The number of rotatable bonds is 7. The number of sulfonamides is 1. The highest BCUT2D eigenvalue weighted by atomic mass is 32.2. The molecule has 0 saturated carbocycles. The lowest BCUT2D eigenvalue weighted by atomic mass is 10.2. The Bertz CT molecular complexity index is 1400. The second-order valence-electron chi connectivity index (χ2n) is 7.64. The molecule has 0 radical (unpaired) electrons. The summed E-state index contributed by atoms with van der Waals surface area (Å²) in [5.41, 5.74) is 3.05. The molecule has 7 nitrogen and oxygen atoms in total. The fraction of sp³-hybridized carbons (Fsp3) is 0.167. The minimum absolute atomic E-state index is 0.171. The van der Waals surface area contributed by atoms with E-state index in [1.807, 2.05) is 32.0 Å². The van der Waals surface area contributed by atoms with Crippen molar-refractivity contribution in [3.05, 3.63) is 77.9 Å². The molecular weight excluding hydrogens is 458 g/mol. The molecular formula is C24H23N3O4S2. The third kappa shape index (κ3) is 5.32. The smallest absolute Gasteiger partial charge is 0.265 e. The minimum Gasteiger partial charge on any atom is -0.481 e. The minimum atomic E-state index is -3.75. The lowest BCUT2D eigenvalue weighted by molar-refractivity contribution is -0.122. The van der Waals surface area contributed by atoms with Crippen LogP contribution in [0.25, 0.3) is 10.2 Å². The normalized spacial score (nSPS) is 12.3. The van der Waals surface area contributed by atoms with Gasteiger partial charge in [-0.25, -0.2) is 13.4 Å². The summed E-state index contributed by atoms with van der Waals surface area (Å²) in [5.74, 6) is 0.321. The number of hydrogen-bond acceptors (Lipinski definition) is 6. The van der Waals surface area contributed by atoms with E-state index in [9.17, 15) is 13.2 Å². The number of thiazole rings is 1. The molecule has 1 amide bonds. The van der Waals surface area contributed by atoms with Gasteiger partial charge in [-0.2, -0.15) is 0 Å². The summed E-state index contributed by atoms with van der Waals surface area (Å²) in [7, 11) is -3.75. The summed E-state index contributed by atoms with van der Waals surface area (Å²) >= 11 is 1.20. The molecule has 1 atom stereocenters. The van der Waals surface area contributed by atoms with Gasteiger partial charge < -0.3 is 10.1 Å². The molecule has 2 N–H and O–H groups in total. The number of carbonyl (C=O) groups is 1. The monoisotopic (exact) mass is 481 g/mol. The molecule has 9 heteroatoms. The fourth-order valence-electron chi connectivity index (χ4n) is 3.20. The largest absolute Gasteiger partial charge is 0.481 e. The van der Waals surface area contributed by atoms with Crippen molar-refractivity contribution in [3.63, 3.8) is 0 Å². The third-order valence-corrected chi connectivity index (χ3v) is 7.33. The van der Waals surface area contributed by atoms with E-state index in [0.717, 1.165) is 15.8 Å². The fourth-order valence-corrected chi connectivity index (χ4v) is 5.42. The average molecular weight is 482 g/mol. The Morgan fingerprint density at radius 2 is 1.73 bits per heavy atom. The van der Waals surface area contributed by atoms with E-state index in [-0.39, 0.29) is 15.9 Å². The number of benzene rings is 3. The summed E-state index contributed by atoms with van der Waals surface area (Å²) in [6.07, 6.45) is -0.693. The Balaban J connectivity index is 1.51. The molecule has 4 aromatic rings. The van der Waals surface area contributed by atoms with Crippen LogP contribution >= 0.6 is 11.3 Å². The topological polar surface area (TPSA) is 97.4 Å². The van der Waals surface area contributed by atoms with Gasteiger partial charge in [-0.1, -0.05) is 47.2 Å². The van der Waals surface area contributed by atoms with Crippen molar-refractivity contribution >= 4 is 48.3 Å². The van der Waals surface area contributed by atoms with E-state index >= 15 is 0 Å². The maximum atomic E-state index is 12.7. The Labute approximate surface area is 196 Å². The van der Waals surface area contributed by atoms with E-state index in [0.29, 0.717) is 17.0 Å². The molecule has 0 aliphatic rings. The number of fused-ring (bicyclic) bond motifs is 1. The Morgan fingerprint density at radius 3 is 2.42 bits per heavy atom. The van der Waals surface area contributed by atoms with Crippen molar-refractivity contribution in [2.75, 3.05) is 10.0 Å². The van der Waals surface area contributed by atoms with Gasteiger partial charge in [-0.15, -0.1) is 0 Å². The lowest BCUT2D eigenvalue weighted by Gasteiger charge is -2.15. The van der Waals surface area contributed by atoms with Gasteiger partial charge in [0.1, 0.15) is 5.75 Å². The van der Waals surface area contributed by atoms with Crippen LogP contribution in [0.3, 0.4) is 0 Å². The predicted octanol–water partition coefficient (Wildman–Crippen LogP) is 5.12. The van der Waals surface area contributed by atoms with Crippen LogP contribution in [0.1, 0.15) is 18.1 Å². The quantitative estimate of drug-likeness (QED) is 0.382. The molecule has 3 aromatic carbocycles. The van der Waals surface area contributed by atoms with Crippen LogP contribution in [0, 0.1) is 13.8 Å². The maximum Gasteiger partial charge on any atom is 0.265 e. The molecule has 0 aliphatic heterocycles. The maximum absolute atomic E-state index is 12.7. The molecule has 1 heterocycles. The van der Waals surface area contributed by atoms with Crippen LogP contribution in [-0.2, 0) is 14.8 Å². The van der Waals surface area contributed by atoms with E-state index in [1.165, 1.54) is 11.3 Å². The molecule has 4 rings (SSSR count). The summed E-state index contributed by atoms with van der Waals surface area (Å²) in [4.78, 5) is 17.2. The highest BCUT2D eigenvalue weighted by Crippen LogP contribution is 2.32. The van der Waals surface area contributed by atoms with E-state index in [2.05, 4.69) is 15.0 Å². The van der Waals surface area contributed by atoms with Crippen LogP contribution in [0.5, 0.6) is 5.75 Å². The van der Waals surface area contributed by atoms with Gasteiger partial charge in [0.25, 0.3) is 15.9 Å².